The van der Waals surface area contributed by atoms with Gasteiger partial charge in [0.15, 0.2) is 0 Å². The minimum atomic E-state index is -1.07. The maximum atomic E-state index is 11.7. The number of likely N-dealkylation sites (tertiary alicyclic amines) is 1. The molecule has 0 aliphatic carbocycles. The molecule has 3 N–H and O–H groups in total. The number of amides is 3. The van der Waals surface area contributed by atoms with Crippen LogP contribution in [0.25, 0.3) is 0 Å². The number of urea groups is 1. The van der Waals surface area contributed by atoms with Crippen molar-refractivity contribution < 1.29 is 19.5 Å². The summed E-state index contributed by atoms with van der Waals surface area (Å²) in [5, 5.41) is 14.0. The van der Waals surface area contributed by atoms with Crippen LogP contribution in [-0.4, -0.2) is 53.6 Å². The lowest BCUT2D eigenvalue weighted by Gasteiger charge is -2.21. The van der Waals surface area contributed by atoms with Crippen LogP contribution in [0, 0.1) is 5.92 Å². The molecule has 1 unspecified atom stereocenters. The second kappa shape index (κ2) is 6.40. The number of likely N-dealkylation sites (N-methyl/N-ethyl adjacent to an activating group) is 1. The Morgan fingerprint density at radius 1 is 1.53 bits per heavy atom. The lowest BCUT2D eigenvalue weighted by atomic mass is 9.99. The number of carboxylic acids is 1. The van der Waals surface area contributed by atoms with E-state index in [1.54, 1.807) is 14.0 Å². The fraction of sp³-hybridized carbons (Fsp3) is 0.750. The summed E-state index contributed by atoms with van der Waals surface area (Å²) >= 11 is 0. The van der Waals surface area contributed by atoms with E-state index in [0.717, 1.165) is 0 Å². The Kier molecular flexibility index (Phi) is 5.14. The zero-order chi connectivity index (χ0) is 14.6. The van der Waals surface area contributed by atoms with Crippen LogP contribution >= 0.6 is 0 Å². The average molecular weight is 271 g/mol. The summed E-state index contributed by atoms with van der Waals surface area (Å²) in [6.07, 6.45) is 1.19. The van der Waals surface area contributed by atoms with Gasteiger partial charge in [0, 0.05) is 13.6 Å². The molecule has 1 saturated heterocycles. The number of hydrogen-bond donors (Lipinski definition) is 3. The standard InChI is InChI=1S/C12H21N3O4/c1-4-7(2)9(11(17)18)14-12(19)13-8-5-6-15(3)10(8)16/h7-9H,4-6H2,1-3H3,(H,17,18)(H2,13,14,19)/t7-,8?,9-/m0/s1. The quantitative estimate of drug-likeness (QED) is 0.656. The summed E-state index contributed by atoms with van der Waals surface area (Å²) in [5.41, 5.74) is 0. The molecule has 19 heavy (non-hydrogen) atoms. The Hall–Kier alpha value is -1.79. The summed E-state index contributed by atoms with van der Waals surface area (Å²) in [6, 6.07) is -2.11. The monoisotopic (exact) mass is 271 g/mol. The van der Waals surface area contributed by atoms with Gasteiger partial charge in [-0.1, -0.05) is 20.3 Å². The van der Waals surface area contributed by atoms with Crippen molar-refractivity contribution in [2.75, 3.05) is 13.6 Å². The SMILES string of the molecule is CC[C@H](C)[C@H](NC(=O)NC1CCN(C)C1=O)C(=O)O. The van der Waals surface area contributed by atoms with Gasteiger partial charge in [-0.3, -0.25) is 4.79 Å². The van der Waals surface area contributed by atoms with Crippen LogP contribution in [0.15, 0.2) is 0 Å². The lowest BCUT2D eigenvalue weighted by Crippen LogP contribution is -2.52. The minimum Gasteiger partial charge on any atom is -0.480 e. The minimum absolute atomic E-state index is 0.148. The van der Waals surface area contributed by atoms with Crippen molar-refractivity contribution in [3.05, 3.63) is 0 Å². The fourth-order valence-corrected chi connectivity index (χ4v) is 1.98. The smallest absolute Gasteiger partial charge is 0.326 e. The fourth-order valence-electron chi connectivity index (χ4n) is 1.98. The van der Waals surface area contributed by atoms with Crippen molar-refractivity contribution in [2.45, 2.75) is 38.8 Å². The predicted octanol–water partition coefficient (Wildman–Crippen LogP) is 0.0156. The molecule has 3 amide bonds. The van der Waals surface area contributed by atoms with Crippen LogP contribution in [0.4, 0.5) is 4.79 Å². The van der Waals surface area contributed by atoms with Crippen LogP contribution in [-0.2, 0) is 9.59 Å². The molecule has 0 saturated carbocycles. The first-order valence-electron chi connectivity index (χ1n) is 6.41. The molecule has 1 aliphatic rings. The van der Waals surface area contributed by atoms with Gasteiger partial charge in [0.2, 0.25) is 5.91 Å². The molecule has 0 spiro atoms. The van der Waals surface area contributed by atoms with Crippen molar-refractivity contribution in [1.82, 2.24) is 15.5 Å². The van der Waals surface area contributed by atoms with E-state index in [4.69, 9.17) is 5.11 Å². The largest absolute Gasteiger partial charge is 0.480 e. The molecule has 0 aromatic carbocycles. The highest BCUT2D eigenvalue weighted by Gasteiger charge is 2.32. The third-order valence-electron chi connectivity index (χ3n) is 3.50. The Bertz CT molecular complexity index is 372. The van der Waals surface area contributed by atoms with E-state index in [1.165, 1.54) is 4.90 Å². The zero-order valence-electron chi connectivity index (χ0n) is 11.5. The molecular formula is C12H21N3O4. The maximum Gasteiger partial charge on any atom is 0.326 e. The summed E-state index contributed by atoms with van der Waals surface area (Å²) in [4.78, 5) is 36.0. The number of carbonyl (C=O) groups excluding carboxylic acids is 2. The Balaban J connectivity index is 2.54. The highest BCUT2D eigenvalue weighted by atomic mass is 16.4. The first kappa shape index (κ1) is 15.3. The van der Waals surface area contributed by atoms with Gasteiger partial charge in [0.25, 0.3) is 0 Å². The van der Waals surface area contributed by atoms with Gasteiger partial charge in [0.1, 0.15) is 12.1 Å². The van der Waals surface area contributed by atoms with E-state index in [9.17, 15) is 14.4 Å². The number of nitrogens with one attached hydrogen (secondary N) is 2. The topological polar surface area (TPSA) is 98.7 Å². The van der Waals surface area contributed by atoms with Gasteiger partial charge >= 0.3 is 12.0 Å². The molecule has 3 atom stereocenters. The number of rotatable bonds is 5. The molecule has 7 nitrogen and oxygen atoms in total. The summed E-state index contributed by atoms with van der Waals surface area (Å²) < 4.78 is 0. The second-order valence-electron chi connectivity index (χ2n) is 4.92. The molecule has 1 aliphatic heterocycles. The zero-order valence-corrected chi connectivity index (χ0v) is 11.5. The number of carbonyl (C=O) groups is 3. The molecule has 108 valence electrons. The maximum absolute atomic E-state index is 11.7. The highest BCUT2D eigenvalue weighted by Crippen LogP contribution is 2.10. The molecule has 1 fully saturated rings. The normalized spacial score (nSPS) is 21.9. The number of nitrogens with zero attached hydrogens (tertiary/aromatic N) is 1. The van der Waals surface area contributed by atoms with Gasteiger partial charge in [-0.25, -0.2) is 9.59 Å². The van der Waals surface area contributed by atoms with Gasteiger partial charge in [0.05, 0.1) is 0 Å². The summed E-state index contributed by atoms with van der Waals surface area (Å²) in [7, 11) is 1.67. The van der Waals surface area contributed by atoms with E-state index in [0.29, 0.717) is 19.4 Å². The van der Waals surface area contributed by atoms with Gasteiger partial charge in [-0.2, -0.15) is 0 Å². The molecule has 1 rings (SSSR count). The molecule has 7 heteroatoms. The lowest BCUT2D eigenvalue weighted by molar-refractivity contribution is -0.140. The Labute approximate surface area is 112 Å². The molecular weight excluding hydrogens is 250 g/mol. The molecule has 0 radical (unpaired) electrons. The van der Waals surface area contributed by atoms with E-state index in [1.807, 2.05) is 6.92 Å². The van der Waals surface area contributed by atoms with E-state index >= 15 is 0 Å². The number of hydrogen-bond acceptors (Lipinski definition) is 3. The van der Waals surface area contributed by atoms with Crippen molar-refractivity contribution in [2.24, 2.45) is 5.92 Å². The van der Waals surface area contributed by atoms with Crippen LogP contribution < -0.4 is 10.6 Å². The van der Waals surface area contributed by atoms with Crippen LogP contribution in [0.1, 0.15) is 26.7 Å². The van der Waals surface area contributed by atoms with Gasteiger partial charge in [-0.15, -0.1) is 0 Å². The molecule has 0 aromatic heterocycles. The molecule has 0 bridgehead atoms. The predicted molar refractivity (Wildman–Crippen MR) is 68.6 cm³/mol. The van der Waals surface area contributed by atoms with Gasteiger partial charge < -0.3 is 20.6 Å². The van der Waals surface area contributed by atoms with Crippen LogP contribution in [0.5, 0.6) is 0 Å². The van der Waals surface area contributed by atoms with Crippen LogP contribution in [0.3, 0.4) is 0 Å². The average Bonchev–Trinajstić information content (AvgIpc) is 2.66. The number of aliphatic carboxylic acids is 1. The molecule has 1 heterocycles. The van der Waals surface area contributed by atoms with Crippen molar-refractivity contribution >= 4 is 17.9 Å². The Morgan fingerprint density at radius 3 is 2.58 bits per heavy atom. The van der Waals surface area contributed by atoms with Gasteiger partial charge in [-0.05, 0) is 12.3 Å². The molecule has 0 aromatic rings. The first-order valence-corrected chi connectivity index (χ1v) is 6.41. The highest BCUT2D eigenvalue weighted by molar-refractivity contribution is 5.89. The van der Waals surface area contributed by atoms with E-state index in [-0.39, 0.29) is 11.8 Å². The van der Waals surface area contributed by atoms with Crippen LogP contribution in [0.2, 0.25) is 0 Å². The summed E-state index contributed by atoms with van der Waals surface area (Å²) in [6.45, 7) is 4.21. The summed E-state index contributed by atoms with van der Waals surface area (Å²) in [5.74, 6) is -1.39. The van der Waals surface area contributed by atoms with Crippen molar-refractivity contribution in [1.29, 1.82) is 0 Å². The third kappa shape index (κ3) is 3.84. The Morgan fingerprint density at radius 2 is 2.16 bits per heavy atom. The van der Waals surface area contributed by atoms with Crippen molar-refractivity contribution in [3.63, 3.8) is 0 Å². The van der Waals surface area contributed by atoms with E-state index in [2.05, 4.69) is 10.6 Å². The second-order valence-corrected chi connectivity index (χ2v) is 4.92. The van der Waals surface area contributed by atoms with Crippen molar-refractivity contribution in [3.8, 4) is 0 Å². The first-order chi connectivity index (χ1) is 8.86. The number of carboxylic acid groups (broad SMARTS) is 1. The third-order valence-corrected chi connectivity index (χ3v) is 3.50. The van der Waals surface area contributed by atoms with E-state index < -0.39 is 24.1 Å².